The number of halogens is 1. The third-order valence-corrected chi connectivity index (χ3v) is 4.45. The summed E-state index contributed by atoms with van der Waals surface area (Å²) >= 11 is 6.32. The first-order valence-corrected chi connectivity index (χ1v) is 9.61. The van der Waals surface area contributed by atoms with Gasteiger partial charge in [-0.1, -0.05) is 23.7 Å². The molecule has 1 N–H and O–H groups in total. The molecule has 0 unspecified atom stereocenters. The molecule has 0 fully saturated rings. The van der Waals surface area contributed by atoms with E-state index in [9.17, 15) is 9.90 Å². The standard InChI is InChI=1S/C24H20ClNO5/c1-29-20-5-3-4-16(12-20)6-11-23(28)31-24-21(25)13-17(14-22(24)30-2)15-26-18-7-9-19(27)10-8-18/h3-15,27H,1-2H3/b11-6?,26-15+. The third kappa shape index (κ3) is 6.10. The van der Waals surface area contributed by atoms with Crippen LogP contribution >= 0.6 is 11.6 Å². The molecule has 0 atom stereocenters. The van der Waals surface area contributed by atoms with Crippen molar-refractivity contribution in [1.82, 2.24) is 0 Å². The van der Waals surface area contributed by atoms with Gasteiger partial charge in [0.25, 0.3) is 0 Å². The predicted octanol–water partition coefficient (Wildman–Crippen LogP) is 5.43. The van der Waals surface area contributed by atoms with E-state index in [1.54, 1.807) is 61.9 Å². The van der Waals surface area contributed by atoms with Crippen molar-refractivity contribution in [3.05, 3.63) is 82.9 Å². The SMILES string of the molecule is COc1cccc(C=CC(=O)Oc2c(Cl)cc(/C=N/c3ccc(O)cc3)cc2OC)c1. The number of ether oxygens (including phenoxy) is 3. The lowest BCUT2D eigenvalue weighted by Crippen LogP contribution is -2.06. The number of aromatic hydroxyl groups is 1. The van der Waals surface area contributed by atoms with Crippen LogP contribution in [-0.2, 0) is 4.79 Å². The Balaban J connectivity index is 1.75. The summed E-state index contributed by atoms with van der Waals surface area (Å²) < 4.78 is 15.9. The highest BCUT2D eigenvalue weighted by atomic mass is 35.5. The van der Waals surface area contributed by atoms with Gasteiger partial charge in [-0.2, -0.15) is 0 Å². The molecular formula is C24H20ClNO5. The zero-order valence-corrected chi connectivity index (χ0v) is 17.7. The average molecular weight is 438 g/mol. The van der Waals surface area contributed by atoms with E-state index in [0.29, 0.717) is 22.7 Å². The summed E-state index contributed by atoms with van der Waals surface area (Å²) in [5.41, 5.74) is 2.10. The quantitative estimate of drug-likeness (QED) is 0.231. The molecule has 158 valence electrons. The number of aliphatic imine (C=N–C) groups is 1. The molecular weight excluding hydrogens is 418 g/mol. The number of carbonyl (C=O) groups is 1. The van der Waals surface area contributed by atoms with Crippen LogP contribution in [0.4, 0.5) is 5.69 Å². The first kappa shape index (κ1) is 21.9. The number of phenols is 1. The van der Waals surface area contributed by atoms with E-state index >= 15 is 0 Å². The maximum atomic E-state index is 12.3. The molecule has 0 aliphatic rings. The number of esters is 1. The molecule has 0 amide bonds. The van der Waals surface area contributed by atoms with Crippen molar-refractivity contribution in [2.75, 3.05) is 14.2 Å². The van der Waals surface area contributed by atoms with Crippen LogP contribution in [0.2, 0.25) is 5.02 Å². The summed E-state index contributed by atoms with van der Waals surface area (Å²) in [5, 5.41) is 9.54. The van der Waals surface area contributed by atoms with Gasteiger partial charge >= 0.3 is 5.97 Å². The molecule has 0 aliphatic heterocycles. The van der Waals surface area contributed by atoms with E-state index in [1.165, 1.54) is 13.2 Å². The van der Waals surface area contributed by atoms with E-state index in [1.807, 2.05) is 18.2 Å². The van der Waals surface area contributed by atoms with Gasteiger partial charge in [0.2, 0.25) is 0 Å². The first-order chi connectivity index (χ1) is 15.0. The van der Waals surface area contributed by atoms with Gasteiger partial charge in [0.05, 0.1) is 24.9 Å². The molecule has 0 aliphatic carbocycles. The fraction of sp³-hybridized carbons (Fsp3) is 0.0833. The molecule has 3 aromatic rings. The van der Waals surface area contributed by atoms with Crippen LogP contribution in [0.3, 0.4) is 0 Å². The van der Waals surface area contributed by atoms with Gasteiger partial charge in [-0.05, 0) is 65.7 Å². The molecule has 0 aromatic heterocycles. The minimum atomic E-state index is -0.603. The van der Waals surface area contributed by atoms with Gasteiger partial charge < -0.3 is 19.3 Å². The fourth-order valence-corrected chi connectivity index (χ4v) is 2.90. The molecule has 7 heteroatoms. The van der Waals surface area contributed by atoms with Crippen LogP contribution in [0.1, 0.15) is 11.1 Å². The number of rotatable bonds is 7. The van der Waals surface area contributed by atoms with Gasteiger partial charge in [-0.3, -0.25) is 4.99 Å². The number of nitrogens with zero attached hydrogens (tertiary/aromatic N) is 1. The Morgan fingerprint density at radius 1 is 1.00 bits per heavy atom. The highest BCUT2D eigenvalue weighted by molar-refractivity contribution is 6.32. The molecule has 3 aromatic carbocycles. The van der Waals surface area contributed by atoms with E-state index in [2.05, 4.69) is 4.99 Å². The van der Waals surface area contributed by atoms with Crippen molar-refractivity contribution in [3.63, 3.8) is 0 Å². The highest BCUT2D eigenvalue weighted by Gasteiger charge is 2.14. The maximum absolute atomic E-state index is 12.3. The summed E-state index contributed by atoms with van der Waals surface area (Å²) in [6.07, 6.45) is 4.50. The van der Waals surface area contributed by atoms with Crippen LogP contribution in [0, 0.1) is 0 Å². The smallest absolute Gasteiger partial charge is 0.336 e. The Morgan fingerprint density at radius 3 is 2.48 bits per heavy atom. The topological polar surface area (TPSA) is 77.4 Å². The van der Waals surface area contributed by atoms with Crippen molar-refractivity contribution in [2.24, 2.45) is 4.99 Å². The van der Waals surface area contributed by atoms with E-state index in [-0.39, 0.29) is 16.5 Å². The fourth-order valence-electron chi connectivity index (χ4n) is 2.65. The van der Waals surface area contributed by atoms with Gasteiger partial charge in [-0.15, -0.1) is 0 Å². The second-order valence-electron chi connectivity index (χ2n) is 6.34. The second-order valence-corrected chi connectivity index (χ2v) is 6.75. The molecule has 0 bridgehead atoms. The maximum Gasteiger partial charge on any atom is 0.336 e. The van der Waals surface area contributed by atoms with Crippen LogP contribution in [0.15, 0.2) is 71.7 Å². The van der Waals surface area contributed by atoms with Crippen molar-refractivity contribution in [2.45, 2.75) is 0 Å². The summed E-state index contributed by atoms with van der Waals surface area (Å²) in [4.78, 5) is 16.6. The largest absolute Gasteiger partial charge is 0.508 e. The summed E-state index contributed by atoms with van der Waals surface area (Å²) in [5.74, 6) is 0.655. The number of carbonyl (C=O) groups excluding carboxylic acids is 1. The lowest BCUT2D eigenvalue weighted by Gasteiger charge is -2.11. The minimum Gasteiger partial charge on any atom is -0.508 e. The molecule has 0 heterocycles. The number of phenolic OH excluding ortho intramolecular Hbond substituents is 1. The Labute approximate surface area is 185 Å². The van der Waals surface area contributed by atoms with E-state index in [4.69, 9.17) is 25.8 Å². The van der Waals surface area contributed by atoms with E-state index < -0.39 is 5.97 Å². The van der Waals surface area contributed by atoms with Crippen molar-refractivity contribution >= 4 is 35.5 Å². The second kappa shape index (κ2) is 10.3. The molecule has 0 saturated carbocycles. The van der Waals surface area contributed by atoms with Crippen molar-refractivity contribution in [3.8, 4) is 23.0 Å². The summed E-state index contributed by atoms with van der Waals surface area (Å²) in [6, 6.07) is 17.0. The highest BCUT2D eigenvalue weighted by Crippen LogP contribution is 2.36. The minimum absolute atomic E-state index is 0.117. The first-order valence-electron chi connectivity index (χ1n) is 9.23. The Hall–Kier alpha value is -3.77. The van der Waals surface area contributed by atoms with Gasteiger partial charge in [-0.25, -0.2) is 4.79 Å². The monoisotopic (exact) mass is 437 g/mol. The zero-order valence-electron chi connectivity index (χ0n) is 16.9. The molecule has 0 radical (unpaired) electrons. The van der Waals surface area contributed by atoms with Crippen molar-refractivity contribution in [1.29, 1.82) is 0 Å². The number of methoxy groups -OCH3 is 2. The van der Waals surface area contributed by atoms with E-state index in [0.717, 1.165) is 5.56 Å². The lowest BCUT2D eigenvalue weighted by molar-refractivity contribution is -0.129. The van der Waals surface area contributed by atoms with Crippen LogP contribution in [-0.4, -0.2) is 31.5 Å². The Kier molecular flexibility index (Phi) is 7.30. The zero-order chi connectivity index (χ0) is 22.2. The van der Waals surface area contributed by atoms with Gasteiger partial charge in [0.15, 0.2) is 11.5 Å². The lowest BCUT2D eigenvalue weighted by atomic mass is 10.2. The number of benzene rings is 3. The average Bonchev–Trinajstić information content (AvgIpc) is 2.79. The number of hydrogen-bond donors (Lipinski definition) is 1. The van der Waals surface area contributed by atoms with Crippen LogP contribution in [0.25, 0.3) is 6.08 Å². The molecule has 0 saturated heterocycles. The number of hydrogen-bond acceptors (Lipinski definition) is 6. The van der Waals surface area contributed by atoms with Gasteiger partial charge in [0, 0.05) is 12.3 Å². The molecule has 0 spiro atoms. The summed E-state index contributed by atoms with van der Waals surface area (Å²) in [6.45, 7) is 0. The molecule has 6 nitrogen and oxygen atoms in total. The summed E-state index contributed by atoms with van der Waals surface area (Å²) in [7, 11) is 3.03. The predicted molar refractivity (Wildman–Crippen MR) is 121 cm³/mol. The Morgan fingerprint density at radius 2 is 1.77 bits per heavy atom. The van der Waals surface area contributed by atoms with Crippen LogP contribution in [0.5, 0.6) is 23.0 Å². The van der Waals surface area contributed by atoms with Crippen LogP contribution < -0.4 is 14.2 Å². The third-order valence-electron chi connectivity index (χ3n) is 4.17. The van der Waals surface area contributed by atoms with Crippen molar-refractivity contribution < 1.29 is 24.1 Å². The Bertz CT molecular complexity index is 1120. The molecule has 31 heavy (non-hydrogen) atoms. The normalized spacial score (nSPS) is 11.1. The van der Waals surface area contributed by atoms with Gasteiger partial charge in [0.1, 0.15) is 11.5 Å². The molecule has 3 rings (SSSR count).